The van der Waals surface area contributed by atoms with Crippen LogP contribution in [0.1, 0.15) is 5.56 Å². The fraction of sp³-hybridized carbons (Fsp3) is 0.300. The summed E-state index contributed by atoms with van der Waals surface area (Å²) in [7, 11) is 0. The first-order valence-electron chi connectivity index (χ1n) is 4.52. The van der Waals surface area contributed by atoms with E-state index in [9.17, 15) is 13.6 Å². The number of hydrogen-bond acceptors (Lipinski definition) is 2. The summed E-state index contributed by atoms with van der Waals surface area (Å²) in [5, 5.41) is 2.72. The highest BCUT2D eigenvalue weighted by atomic mass is 19.1. The lowest BCUT2D eigenvalue weighted by molar-refractivity contribution is -0.117. The summed E-state index contributed by atoms with van der Waals surface area (Å²) in [6, 6.07) is 3.29. The van der Waals surface area contributed by atoms with Crippen LogP contribution in [0.15, 0.2) is 18.2 Å². The van der Waals surface area contributed by atoms with Gasteiger partial charge in [0.15, 0.2) is 0 Å². The standard InChI is InChI=1S/C10H12F2N2O/c11-8-1-2-9(12)7(5-8)3-4-14-6-10(13)15/h1-2,5,14H,3-4,6H2,(H2,13,15). The Labute approximate surface area is 86.3 Å². The number of rotatable bonds is 5. The van der Waals surface area contributed by atoms with E-state index in [2.05, 4.69) is 5.32 Å². The number of benzene rings is 1. The quantitative estimate of drug-likeness (QED) is 0.704. The topological polar surface area (TPSA) is 55.1 Å². The number of hydrogen-bond donors (Lipinski definition) is 2. The van der Waals surface area contributed by atoms with Gasteiger partial charge in [0.25, 0.3) is 0 Å². The summed E-state index contributed by atoms with van der Waals surface area (Å²) >= 11 is 0. The molecule has 3 nitrogen and oxygen atoms in total. The molecule has 0 spiro atoms. The second-order valence-corrected chi connectivity index (χ2v) is 3.13. The number of carbonyl (C=O) groups excluding carboxylic acids is 1. The average Bonchev–Trinajstić information content (AvgIpc) is 2.17. The SMILES string of the molecule is NC(=O)CNCCc1cc(F)ccc1F. The zero-order chi connectivity index (χ0) is 11.3. The van der Waals surface area contributed by atoms with Crippen LogP contribution >= 0.6 is 0 Å². The number of amides is 1. The highest BCUT2D eigenvalue weighted by Gasteiger charge is 2.03. The maximum absolute atomic E-state index is 13.1. The maximum atomic E-state index is 13.1. The number of carbonyl (C=O) groups is 1. The molecule has 15 heavy (non-hydrogen) atoms. The van der Waals surface area contributed by atoms with Crippen molar-refractivity contribution in [2.45, 2.75) is 6.42 Å². The van der Waals surface area contributed by atoms with Gasteiger partial charge in [-0.2, -0.15) is 0 Å². The highest BCUT2D eigenvalue weighted by molar-refractivity contribution is 5.75. The van der Waals surface area contributed by atoms with E-state index < -0.39 is 17.5 Å². The molecule has 0 saturated heterocycles. The Hall–Kier alpha value is -1.49. The second kappa shape index (κ2) is 5.41. The average molecular weight is 214 g/mol. The molecule has 0 aliphatic rings. The number of primary amides is 1. The van der Waals surface area contributed by atoms with Gasteiger partial charge in [-0.25, -0.2) is 8.78 Å². The molecule has 0 bridgehead atoms. The van der Waals surface area contributed by atoms with Crippen molar-refractivity contribution in [2.75, 3.05) is 13.1 Å². The third-order valence-corrected chi connectivity index (χ3v) is 1.88. The molecule has 1 aromatic rings. The van der Waals surface area contributed by atoms with Crippen LogP contribution in [0.4, 0.5) is 8.78 Å². The van der Waals surface area contributed by atoms with E-state index in [0.29, 0.717) is 13.0 Å². The van der Waals surface area contributed by atoms with Gasteiger partial charge >= 0.3 is 0 Å². The predicted molar refractivity (Wildman–Crippen MR) is 52.1 cm³/mol. The number of halogens is 2. The molecular formula is C10H12F2N2O. The summed E-state index contributed by atoms with van der Waals surface area (Å²) < 4.78 is 25.8. The molecule has 0 aromatic heterocycles. The lowest BCUT2D eigenvalue weighted by Gasteiger charge is -2.04. The van der Waals surface area contributed by atoms with Crippen molar-refractivity contribution in [1.29, 1.82) is 0 Å². The Bertz CT molecular complexity index is 355. The number of nitrogens with one attached hydrogen (secondary N) is 1. The van der Waals surface area contributed by atoms with Crippen LogP contribution < -0.4 is 11.1 Å². The minimum Gasteiger partial charge on any atom is -0.369 e. The molecule has 0 saturated carbocycles. The maximum Gasteiger partial charge on any atom is 0.231 e. The van der Waals surface area contributed by atoms with Gasteiger partial charge < -0.3 is 11.1 Å². The first kappa shape index (κ1) is 11.6. The van der Waals surface area contributed by atoms with Gasteiger partial charge in [0.2, 0.25) is 5.91 Å². The summed E-state index contributed by atoms with van der Waals surface area (Å²) in [4.78, 5) is 10.4. The molecule has 0 atom stereocenters. The summed E-state index contributed by atoms with van der Waals surface area (Å²) in [5.74, 6) is -1.40. The first-order chi connectivity index (χ1) is 7.09. The zero-order valence-electron chi connectivity index (χ0n) is 8.09. The molecular weight excluding hydrogens is 202 g/mol. The van der Waals surface area contributed by atoms with Gasteiger partial charge in [-0.3, -0.25) is 4.79 Å². The fourth-order valence-corrected chi connectivity index (χ4v) is 1.17. The molecule has 1 aromatic carbocycles. The van der Waals surface area contributed by atoms with E-state index in [-0.39, 0.29) is 12.1 Å². The third-order valence-electron chi connectivity index (χ3n) is 1.88. The van der Waals surface area contributed by atoms with Crippen LogP contribution in [0.5, 0.6) is 0 Å². The van der Waals surface area contributed by atoms with Gasteiger partial charge in [-0.15, -0.1) is 0 Å². The second-order valence-electron chi connectivity index (χ2n) is 3.13. The Balaban J connectivity index is 2.43. The summed E-state index contributed by atoms with van der Waals surface area (Å²) in [6.45, 7) is 0.417. The van der Waals surface area contributed by atoms with Gasteiger partial charge in [0.05, 0.1) is 6.54 Å². The molecule has 5 heteroatoms. The van der Waals surface area contributed by atoms with Crippen molar-refractivity contribution in [1.82, 2.24) is 5.32 Å². The van der Waals surface area contributed by atoms with Crippen LogP contribution in [0.25, 0.3) is 0 Å². The Morgan fingerprint density at radius 3 is 2.80 bits per heavy atom. The molecule has 3 N–H and O–H groups in total. The molecule has 0 aliphatic carbocycles. The van der Waals surface area contributed by atoms with Gasteiger partial charge in [-0.1, -0.05) is 0 Å². The smallest absolute Gasteiger partial charge is 0.231 e. The molecule has 0 heterocycles. The van der Waals surface area contributed by atoms with Crippen LogP contribution in [0, 0.1) is 11.6 Å². The first-order valence-corrected chi connectivity index (χ1v) is 4.52. The monoisotopic (exact) mass is 214 g/mol. The molecule has 0 aliphatic heterocycles. The zero-order valence-corrected chi connectivity index (χ0v) is 8.09. The largest absolute Gasteiger partial charge is 0.369 e. The van der Waals surface area contributed by atoms with Crippen molar-refractivity contribution >= 4 is 5.91 Å². The Morgan fingerprint density at radius 1 is 1.40 bits per heavy atom. The summed E-state index contributed by atoms with van der Waals surface area (Å²) in [6.07, 6.45) is 0.316. The van der Waals surface area contributed by atoms with Gasteiger partial charge in [-0.05, 0) is 36.7 Å². The van der Waals surface area contributed by atoms with Crippen LogP contribution in [0.3, 0.4) is 0 Å². The van der Waals surface area contributed by atoms with Crippen LogP contribution in [-0.4, -0.2) is 19.0 Å². The molecule has 0 unspecified atom stereocenters. The Morgan fingerprint density at radius 2 is 2.13 bits per heavy atom. The van der Waals surface area contributed by atoms with E-state index in [1.54, 1.807) is 0 Å². The third kappa shape index (κ3) is 4.03. The predicted octanol–water partition coefficient (Wildman–Crippen LogP) is 0.582. The van der Waals surface area contributed by atoms with E-state index in [1.165, 1.54) is 0 Å². The van der Waals surface area contributed by atoms with Gasteiger partial charge in [0.1, 0.15) is 11.6 Å². The molecule has 0 radical (unpaired) electrons. The molecule has 0 fully saturated rings. The minimum atomic E-state index is -0.477. The summed E-state index contributed by atoms with van der Waals surface area (Å²) in [5.41, 5.74) is 5.17. The number of nitrogens with two attached hydrogens (primary N) is 1. The molecule has 1 rings (SSSR count). The van der Waals surface area contributed by atoms with Crippen LogP contribution in [0.2, 0.25) is 0 Å². The molecule has 82 valence electrons. The lowest BCUT2D eigenvalue weighted by atomic mass is 10.1. The molecule has 1 amide bonds. The van der Waals surface area contributed by atoms with Crippen molar-refractivity contribution in [3.63, 3.8) is 0 Å². The van der Waals surface area contributed by atoms with Crippen molar-refractivity contribution in [3.8, 4) is 0 Å². The van der Waals surface area contributed by atoms with Crippen molar-refractivity contribution in [2.24, 2.45) is 5.73 Å². The lowest BCUT2D eigenvalue weighted by Crippen LogP contribution is -2.30. The highest BCUT2D eigenvalue weighted by Crippen LogP contribution is 2.09. The van der Waals surface area contributed by atoms with Crippen LogP contribution in [-0.2, 0) is 11.2 Å². The van der Waals surface area contributed by atoms with E-state index in [0.717, 1.165) is 18.2 Å². The van der Waals surface area contributed by atoms with E-state index in [4.69, 9.17) is 5.73 Å². The van der Waals surface area contributed by atoms with Crippen molar-refractivity contribution < 1.29 is 13.6 Å². The minimum absolute atomic E-state index is 0.0386. The van der Waals surface area contributed by atoms with E-state index >= 15 is 0 Å². The fourth-order valence-electron chi connectivity index (χ4n) is 1.17. The normalized spacial score (nSPS) is 10.3. The van der Waals surface area contributed by atoms with Crippen molar-refractivity contribution in [3.05, 3.63) is 35.4 Å². The van der Waals surface area contributed by atoms with E-state index in [1.807, 2.05) is 0 Å². The Kier molecular flexibility index (Phi) is 4.17. The van der Waals surface area contributed by atoms with Gasteiger partial charge in [0, 0.05) is 0 Å².